The molecule has 0 amide bonds. The van der Waals surface area contributed by atoms with Crippen LogP contribution in [-0.4, -0.2) is 17.7 Å². The molecule has 1 saturated carbocycles. The lowest BCUT2D eigenvalue weighted by atomic mass is 9.86. The van der Waals surface area contributed by atoms with Crippen molar-refractivity contribution in [1.82, 2.24) is 0 Å². The first kappa shape index (κ1) is 20.8. The highest BCUT2D eigenvalue weighted by Gasteiger charge is 2.20. The van der Waals surface area contributed by atoms with Crippen LogP contribution in [0.3, 0.4) is 0 Å². The topological polar surface area (TPSA) is 46.5 Å². The van der Waals surface area contributed by atoms with Crippen molar-refractivity contribution < 1.29 is 19.0 Å². The van der Waals surface area contributed by atoms with Gasteiger partial charge in [-0.25, -0.2) is 9.18 Å². The molecular formula is C25H27FO3. The Kier molecular flexibility index (Phi) is 7.23. The first-order valence-corrected chi connectivity index (χ1v) is 10.2. The van der Waals surface area contributed by atoms with Crippen LogP contribution >= 0.6 is 0 Å². The molecule has 0 spiro atoms. The average Bonchev–Trinajstić information content (AvgIpc) is 2.95. The van der Waals surface area contributed by atoms with Crippen molar-refractivity contribution in [3.8, 4) is 5.75 Å². The normalized spacial score (nSPS) is 18.7. The Bertz CT molecular complexity index is 897. The Hall–Kier alpha value is -2.88. The lowest BCUT2D eigenvalue weighted by Crippen LogP contribution is -2.02. The van der Waals surface area contributed by atoms with Crippen molar-refractivity contribution in [2.24, 2.45) is 0 Å². The Morgan fingerprint density at radius 2 is 1.90 bits per heavy atom. The van der Waals surface area contributed by atoms with Crippen LogP contribution < -0.4 is 0 Å². The van der Waals surface area contributed by atoms with Gasteiger partial charge in [-0.1, -0.05) is 54.8 Å². The van der Waals surface area contributed by atoms with Gasteiger partial charge in [0.15, 0.2) is 11.6 Å². The first-order chi connectivity index (χ1) is 14.1. The molecule has 0 radical (unpaired) electrons. The minimum Gasteiger partial charge on any atom is -0.505 e. The number of phenolic OH excluding ortho intramolecular Hbond substituents is 1. The van der Waals surface area contributed by atoms with Gasteiger partial charge in [0.1, 0.15) is 0 Å². The maximum absolute atomic E-state index is 13.9. The Morgan fingerprint density at radius 3 is 2.62 bits per heavy atom. The number of hydrogen-bond acceptors (Lipinski definition) is 3. The van der Waals surface area contributed by atoms with E-state index in [0.29, 0.717) is 6.61 Å². The van der Waals surface area contributed by atoms with E-state index in [-0.39, 0.29) is 17.6 Å². The van der Waals surface area contributed by atoms with Gasteiger partial charge < -0.3 is 9.84 Å². The largest absolute Gasteiger partial charge is 0.505 e. The lowest BCUT2D eigenvalue weighted by molar-refractivity contribution is -0.137. The number of aromatic hydroxyl groups is 1. The second kappa shape index (κ2) is 10.1. The number of ether oxygens (including phenoxy) is 1. The SMILES string of the molecule is CCOC(=O)C=Cc1ccc(C=C2CCCCCC2c2ccc(O)c(F)c2)cc1. The standard InChI is InChI=1S/C25H27FO3/c1-2-29-25(28)15-12-18-8-10-19(11-9-18)16-20-6-4-3-5-7-22(20)21-13-14-24(27)23(26)17-21/h8-17,22,27H,2-7H2,1H3. The third-order valence-corrected chi connectivity index (χ3v) is 5.27. The first-order valence-electron chi connectivity index (χ1n) is 10.2. The van der Waals surface area contributed by atoms with Gasteiger partial charge in [0, 0.05) is 12.0 Å². The van der Waals surface area contributed by atoms with Crippen LogP contribution in [0.1, 0.15) is 61.6 Å². The summed E-state index contributed by atoms with van der Waals surface area (Å²) in [5, 5.41) is 9.51. The number of carbonyl (C=O) groups excluding carboxylic acids is 1. The van der Waals surface area contributed by atoms with E-state index in [2.05, 4.69) is 6.08 Å². The van der Waals surface area contributed by atoms with E-state index in [4.69, 9.17) is 4.74 Å². The molecule has 0 heterocycles. The zero-order chi connectivity index (χ0) is 20.6. The van der Waals surface area contributed by atoms with Crippen LogP contribution in [-0.2, 0) is 9.53 Å². The van der Waals surface area contributed by atoms with Gasteiger partial charge in [0.25, 0.3) is 0 Å². The summed E-state index contributed by atoms with van der Waals surface area (Å²) < 4.78 is 18.8. The number of carbonyl (C=O) groups is 1. The summed E-state index contributed by atoms with van der Waals surface area (Å²) in [4.78, 5) is 11.4. The van der Waals surface area contributed by atoms with E-state index in [1.165, 1.54) is 30.2 Å². The van der Waals surface area contributed by atoms with E-state index in [1.807, 2.05) is 30.3 Å². The zero-order valence-electron chi connectivity index (χ0n) is 16.7. The molecule has 1 aliphatic carbocycles. The van der Waals surface area contributed by atoms with Crippen molar-refractivity contribution in [1.29, 1.82) is 0 Å². The highest BCUT2D eigenvalue weighted by atomic mass is 19.1. The summed E-state index contributed by atoms with van der Waals surface area (Å²) in [6.07, 6.45) is 10.7. The highest BCUT2D eigenvalue weighted by molar-refractivity contribution is 5.87. The average molecular weight is 394 g/mol. The lowest BCUT2D eigenvalue weighted by Gasteiger charge is -2.19. The molecule has 1 aliphatic rings. The van der Waals surface area contributed by atoms with E-state index in [9.17, 15) is 14.3 Å². The molecule has 3 rings (SSSR count). The molecule has 0 aromatic heterocycles. The highest BCUT2D eigenvalue weighted by Crippen LogP contribution is 2.38. The number of hydrogen-bond donors (Lipinski definition) is 1. The minimum atomic E-state index is -0.566. The maximum atomic E-state index is 13.9. The summed E-state index contributed by atoms with van der Waals surface area (Å²) in [5.41, 5.74) is 4.22. The van der Waals surface area contributed by atoms with Crippen molar-refractivity contribution >= 4 is 18.1 Å². The van der Waals surface area contributed by atoms with Crippen molar-refractivity contribution in [2.45, 2.75) is 44.9 Å². The molecule has 3 nitrogen and oxygen atoms in total. The number of phenols is 1. The summed E-state index contributed by atoms with van der Waals surface area (Å²) in [6.45, 7) is 2.14. The number of halogens is 1. The molecule has 29 heavy (non-hydrogen) atoms. The molecule has 1 unspecified atom stereocenters. The number of allylic oxidation sites excluding steroid dienone is 1. The van der Waals surface area contributed by atoms with Gasteiger partial charge in [-0.05, 0) is 61.1 Å². The van der Waals surface area contributed by atoms with E-state index >= 15 is 0 Å². The second-order valence-electron chi connectivity index (χ2n) is 7.33. The molecule has 2 aromatic carbocycles. The van der Waals surface area contributed by atoms with E-state index in [1.54, 1.807) is 13.0 Å². The van der Waals surface area contributed by atoms with Crippen LogP contribution in [0.4, 0.5) is 4.39 Å². The number of rotatable bonds is 5. The minimum absolute atomic E-state index is 0.163. The summed E-state index contributed by atoms with van der Waals surface area (Å²) >= 11 is 0. The maximum Gasteiger partial charge on any atom is 0.330 e. The van der Waals surface area contributed by atoms with Crippen LogP contribution in [0.15, 0.2) is 54.1 Å². The fourth-order valence-electron chi connectivity index (χ4n) is 3.78. The monoisotopic (exact) mass is 394 g/mol. The molecule has 2 aromatic rings. The quantitative estimate of drug-likeness (QED) is 0.371. The molecule has 0 saturated heterocycles. The van der Waals surface area contributed by atoms with Gasteiger partial charge in [-0.2, -0.15) is 0 Å². The summed E-state index contributed by atoms with van der Waals surface area (Å²) in [7, 11) is 0. The van der Waals surface area contributed by atoms with Crippen molar-refractivity contribution in [3.63, 3.8) is 0 Å². The fraction of sp³-hybridized carbons (Fsp3) is 0.320. The second-order valence-corrected chi connectivity index (χ2v) is 7.33. The summed E-state index contributed by atoms with van der Waals surface area (Å²) in [5.74, 6) is -1.06. The number of esters is 1. The summed E-state index contributed by atoms with van der Waals surface area (Å²) in [6, 6.07) is 12.7. The Morgan fingerprint density at radius 1 is 1.14 bits per heavy atom. The van der Waals surface area contributed by atoms with E-state index < -0.39 is 5.82 Å². The molecule has 1 N–H and O–H groups in total. The predicted octanol–water partition coefficient (Wildman–Crippen LogP) is 6.24. The molecule has 152 valence electrons. The predicted molar refractivity (Wildman–Crippen MR) is 114 cm³/mol. The third-order valence-electron chi connectivity index (χ3n) is 5.27. The molecule has 0 aliphatic heterocycles. The van der Waals surface area contributed by atoms with Crippen LogP contribution in [0, 0.1) is 5.82 Å². The molecule has 0 bridgehead atoms. The van der Waals surface area contributed by atoms with Gasteiger partial charge in [0.2, 0.25) is 0 Å². The van der Waals surface area contributed by atoms with Crippen LogP contribution in [0.2, 0.25) is 0 Å². The molecule has 1 fully saturated rings. The van der Waals surface area contributed by atoms with Gasteiger partial charge in [-0.3, -0.25) is 0 Å². The number of benzene rings is 2. The van der Waals surface area contributed by atoms with Crippen molar-refractivity contribution in [2.75, 3.05) is 6.61 Å². The fourth-order valence-corrected chi connectivity index (χ4v) is 3.78. The van der Waals surface area contributed by atoms with Crippen LogP contribution in [0.5, 0.6) is 5.75 Å². The van der Waals surface area contributed by atoms with Gasteiger partial charge >= 0.3 is 5.97 Å². The molecular weight excluding hydrogens is 367 g/mol. The molecule has 4 heteroatoms. The Labute approximate surface area is 171 Å². The molecule has 1 atom stereocenters. The zero-order valence-corrected chi connectivity index (χ0v) is 16.7. The Balaban J connectivity index is 1.81. The smallest absolute Gasteiger partial charge is 0.330 e. The van der Waals surface area contributed by atoms with Crippen LogP contribution in [0.25, 0.3) is 12.2 Å². The van der Waals surface area contributed by atoms with Crippen molar-refractivity contribution in [3.05, 3.63) is 76.6 Å². The van der Waals surface area contributed by atoms with Gasteiger partial charge in [-0.15, -0.1) is 0 Å². The van der Waals surface area contributed by atoms with Gasteiger partial charge in [0.05, 0.1) is 6.61 Å². The third kappa shape index (κ3) is 5.80. The van der Waals surface area contributed by atoms with E-state index in [0.717, 1.165) is 42.4 Å².